The summed E-state index contributed by atoms with van der Waals surface area (Å²) < 4.78 is 27.2. The van der Waals surface area contributed by atoms with E-state index in [9.17, 15) is 18.0 Å². The van der Waals surface area contributed by atoms with Crippen LogP contribution in [0.1, 0.15) is 10.4 Å². The lowest BCUT2D eigenvalue weighted by molar-refractivity contribution is -0.119. The van der Waals surface area contributed by atoms with E-state index in [2.05, 4.69) is 5.32 Å². The lowest BCUT2D eigenvalue weighted by atomic mass is 10.2. The molecule has 0 heterocycles. The summed E-state index contributed by atoms with van der Waals surface area (Å²) in [4.78, 5) is 23.6. The van der Waals surface area contributed by atoms with Crippen LogP contribution in [0, 0.1) is 0 Å². The van der Waals surface area contributed by atoms with Gasteiger partial charge in [-0.25, -0.2) is 18.4 Å². The van der Waals surface area contributed by atoms with Gasteiger partial charge in [0.15, 0.2) is 6.61 Å². The molecule has 0 aliphatic carbocycles. The largest absolute Gasteiger partial charge is 0.452 e. The molecule has 1 amide bonds. The Bertz CT molecular complexity index is 914. The number of hydrogen-bond donors (Lipinski definition) is 2. The van der Waals surface area contributed by atoms with Gasteiger partial charge in [-0.1, -0.05) is 23.2 Å². The van der Waals surface area contributed by atoms with E-state index in [1.807, 2.05) is 0 Å². The van der Waals surface area contributed by atoms with Crippen LogP contribution in [-0.4, -0.2) is 26.9 Å². The smallest absolute Gasteiger partial charge is 0.340 e. The van der Waals surface area contributed by atoms with Crippen LogP contribution in [0.25, 0.3) is 0 Å². The number of primary sulfonamides is 1. The SMILES string of the molecule is NS(=O)(=O)c1ccc(NC(=O)COC(=O)c2cc(Cl)ccc2Cl)cc1. The minimum Gasteiger partial charge on any atom is -0.452 e. The third kappa shape index (κ3) is 5.43. The molecule has 0 aliphatic heterocycles. The summed E-state index contributed by atoms with van der Waals surface area (Å²) in [5, 5.41) is 7.87. The predicted molar refractivity (Wildman–Crippen MR) is 93.2 cm³/mol. The fraction of sp³-hybridized carbons (Fsp3) is 0.0667. The highest BCUT2D eigenvalue weighted by Gasteiger charge is 2.15. The van der Waals surface area contributed by atoms with Gasteiger partial charge in [-0.05, 0) is 42.5 Å². The number of sulfonamides is 1. The van der Waals surface area contributed by atoms with Crippen LogP contribution in [0.4, 0.5) is 5.69 Å². The van der Waals surface area contributed by atoms with E-state index in [4.69, 9.17) is 33.1 Å². The highest BCUT2D eigenvalue weighted by atomic mass is 35.5. The molecule has 0 spiro atoms. The lowest BCUT2D eigenvalue weighted by Crippen LogP contribution is -2.21. The van der Waals surface area contributed by atoms with Crippen molar-refractivity contribution in [2.75, 3.05) is 11.9 Å². The highest BCUT2D eigenvalue weighted by molar-refractivity contribution is 7.89. The Morgan fingerprint density at radius 2 is 1.72 bits per heavy atom. The summed E-state index contributed by atoms with van der Waals surface area (Å²) in [5.74, 6) is -1.41. The fourth-order valence-corrected chi connectivity index (χ4v) is 2.67. The van der Waals surface area contributed by atoms with Gasteiger partial charge >= 0.3 is 5.97 Å². The van der Waals surface area contributed by atoms with Crippen LogP contribution in [0.3, 0.4) is 0 Å². The average molecular weight is 403 g/mol. The van der Waals surface area contributed by atoms with Gasteiger partial charge in [0.25, 0.3) is 5.91 Å². The zero-order chi connectivity index (χ0) is 18.6. The maximum absolute atomic E-state index is 11.9. The first-order valence-electron chi connectivity index (χ1n) is 6.72. The summed E-state index contributed by atoms with van der Waals surface area (Å²) >= 11 is 11.6. The molecule has 7 nitrogen and oxygen atoms in total. The molecule has 0 aromatic heterocycles. The maximum Gasteiger partial charge on any atom is 0.340 e. The number of amides is 1. The van der Waals surface area contributed by atoms with E-state index in [0.717, 1.165) is 0 Å². The van der Waals surface area contributed by atoms with Gasteiger partial charge in [-0.3, -0.25) is 4.79 Å². The number of carbonyl (C=O) groups is 2. The third-order valence-corrected chi connectivity index (χ3v) is 4.44. The van der Waals surface area contributed by atoms with Crippen molar-refractivity contribution in [3.05, 3.63) is 58.1 Å². The molecule has 0 saturated carbocycles. The summed E-state index contributed by atoms with van der Waals surface area (Å²) in [5.41, 5.74) is 0.355. The molecule has 0 radical (unpaired) electrons. The minimum atomic E-state index is -3.81. The number of hydrogen-bond acceptors (Lipinski definition) is 5. The molecule has 0 aliphatic rings. The number of carbonyl (C=O) groups excluding carboxylic acids is 2. The molecule has 0 fully saturated rings. The van der Waals surface area contributed by atoms with Gasteiger partial charge in [0, 0.05) is 10.7 Å². The van der Waals surface area contributed by atoms with Gasteiger partial charge in [0.2, 0.25) is 10.0 Å². The second kappa shape index (κ2) is 7.83. The van der Waals surface area contributed by atoms with Gasteiger partial charge < -0.3 is 10.1 Å². The van der Waals surface area contributed by atoms with Crippen LogP contribution >= 0.6 is 23.2 Å². The fourth-order valence-electron chi connectivity index (χ4n) is 1.79. The van der Waals surface area contributed by atoms with E-state index >= 15 is 0 Å². The monoisotopic (exact) mass is 402 g/mol. The third-order valence-electron chi connectivity index (χ3n) is 2.95. The number of anilines is 1. The predicted octanol–water partition coefficient (Wildman–Crippen LogP) is 2.44. The van der Waals surface area contributed by atoms with Crippen molar-refractivity contribution in [3.8, 4) is 0 Å². The Labute approximate surface area is 153 Å². The molecule has 132 valence electrons. The van der Waals surface area contributed by atoms with Crippen LogP contribution in [0.2, 0.25) is 10.0 Å². The first kappa shape index (κ1) is 19.2. The Kier molecular flexibility index (Phi) is 6.02. The Morgan fingerprint density at radius 1 is 1.08 bits per heavy atom. The molecule has 0 saturated heterocycles. The standard InChI is InChI=1S/C15H12Cl2N2O5S/c16-9-1-6-13(17)12(7-9)15(21)24-8-14(20)19-10-2-4-11(5-3-10)25(18,22)23/h1-7H,8H2,(H,19,20)(H2,18,22,23). The minimum absolute atomic E-state index is 0.0412. The highest BCUT2D eigenvalue weighted by Crippen LogP contribution is 2.21. The number of nitrogens with two attached hydrogens (primary N) is 1. The van der Waals surface area contributed by atoms with Crippen molar-refractivity contribution in [3.63, 3.8) is 0 Å². The number of esters is 1. The number of halogens is 2. The Hall–Kier alpha value is -2.13. The topological polar surface area (TPSA) is 116 Å². The molecule has 0 bridgehead atoms. The number of ether oxygens (including phenoxy) is 1. The normalized spacial score (nSPS) is 11.0. The first-order valence-corrected chi connectivity index (χ1v) is 9.02. The summed E-state index contributed by atoms with van der Waals surface area (Å²) in [6.45, 7) is -0.557. The van der Waals surface area contributed by atoms with Crippen LogP contribution < -0.4 is 10.5 Å². The van der Waals surface area contributed by atoms with E-state index in [1.54, 1.807) is 0 Å². The van der Waals surface area contributed by atoms with Gasteiger partial charge in [-0.15, -0.1) is 0 Å². The zero-order valence-electron chi connectivity index (χ0n) is 12.5. The van der Waals surface area contributed by atoms with Gasteiger partial charge in [0.1, 0.15) is 0 Å². The molecular formula is C15H12Cl2N2O5S. The van der Waals surface area contributed by atoms with Gasteiger partial charge in [-0.2, -0.15) is 0 Å². The summed E-state index contributed by atoms with van der Waals surface area (Å²) in [7, 11) is -3.81. The molecular weight excluding hydrogens is 391 g/mol. The number of nitrogens with one attached hydrogen (secondary N) is 1. The van der Waals surface area contributed by atoms with E-state index in [-0.39, 0.29) is 15.5 Å². The zero-order valence-corrected chi connectivity index (χ0v) is 14.9. The van der Waals surface area contributed by atoms with Crippen molar-refractivity contribution >= 4 is 50.8 Å². The maximum atomic E-state index is 11.9. The molecule has 2 rings (SSSR count). The number of benzene rings is 2. The molecule has 0 atom stereocenters. The average Bonchev–Trinajstić information content (AvgIpc) is 2.54. The Balaban J connectivity index is 1.94. The molecule has 2 aromatic rings. The van der Waals surface area contributed by atoms with Gasteiger partial charge in [0.05, 0.1) is 15.5 Å². The van der Waals surface area contributed by atoms with Crippen molar-refractivity contribution in [2.45, 2.75) is 4.90 Å². The van der Waals surface area contributed by atoms with Crippen molar-refractivity contribution in [2.24, 2.45) is 5.14 Å². The van der Waals surface area contributed by atoms with Crippen LogP contribution in [0.5, 0.6) is 0 Å². The molecule has 10 heteroatoms. The van der Waals surface area contributed by atoms with E-state index in [0.29, 0.717) is 10.7 Å². The quantitative estimate of drug-likeness (QED) is 0.744. The molecule has 2 aromatic carbocycles. The van der Waals surface area contributed by atoms with Crippen LogP contribution in [-0.2, 0) is 19.6 Å². The molecule has 25 heavy (non-hydrogen) atoms. The number of rotatable bonds is 5. The van der Waals surface area contributed by atoms with Crippen LogP contribution in [0.15, 0.2) is 47.4 Å². The van der Waals surface area contributed by atoms with Crippen molar-refractivity contribution < 1.29 is 22.7 Å². The molecule has 3 N–H and O–H groups in total. The first-order chi connectivity index (χ1) is 11.7. The van der Waals surface area contributed by atoms with Crippen molar-refractivity contribution in [1.82, 2.24) is 0 Å². The molecule has 0 unspecified atom stereocenters. The van der Waals surface area contributed by atoms with Crippen molar-refractivity contribution in [1.29, 1.82) is 0 Å². The lowest BCUT2D eigenvalue weighted by Gasteiger charge is -2.08. The summed E-state index contributed by atoms with van der Waals surface area (Å²) in [6.07, 6.45) is 0. The second-order valence-corrected chi connectivity index (χ2v) is 7.22. The summed E-state index contributed by atoms with van der Waals surface area (Å²) in [6, 6.07) is 9.47. The van der Waals surface area contributed by atoms with E-state index in [1.165, 1.54) is 42.5 Å². The van der Waals surface area contributed by atoms with E-state index < -0.39 is 28.5 Å². The Morgan fingerprint density at radius 3 is 2.32 bits per heavy atom. The second-order valence-electron chi connectivity index (χ2n) is 4.82.